The lowest BCUT2D eigenvalue weighted by Crippen LogP contribution is -2.41. The smallest absolute Gasteiger partial charge is 0.399 e. The number of hydrogen-bond donors (Lipinski definition) is 0. The number of rotatable bonds is 3. The molecule has 1 saturated heterocycles. The van der Waals surface area contributed by atoms with E-state index in [4.69, 9.17) is 9.31 Å². The van der Waals surface area contributed by atoms with Gasteiger partial charge in [-0.2, -0.15) is 0 Å². The summed E-state index contributed by atoms with van der Waals surface area (Å²) in [6, 6.07) is 26.9. The third kappa shape index (κ3) is 4.52. The molecule has 0 bridgehead atoms. The van der Waals surface area contributed by atoms with Crippen LogP contribution < -0.4 is 5.46 Å². The van der Waals surface area contributed by atoms with Crippen LogP contribution in [0.4, 0.5) is 0 Å². The van der Waals surface area contributed by atoms with E-state index in [1.807, 2.05) is 0 Å². The lowest BCUT2D eigenvalue weighted by molar-refractivity contribution is 0.00578. The van der Waals surface area contributed by atoms with Gasteiger partial charge in [-0.15, -0.1) is 0 Å². The van der Waals surface area contributed by atoms with Crippen LogP contribution in [0.25, 0.3) is 32.7 Å². The van der Waals surface area contributed by atoms with Gasteiger partial charge in [-0.3, -0.25) is 0 Å². The number of hydrogen-bond acceptors (Lipinski definition) is 2. The average molecular weight is 519 g/mol. The standard InChI is InChI=1S/C36H43BO2/c1-34(2,3)25-22-20-24(21-23-25)32-26-14-8-10-16-28(26)33(29-17-11-9-15-27(29)32)30-18-12-13-19-31(30)37-38-35(4,5)36(6,7)39-37/h8-19,24-25H,20-23H2,1-7H3. The van der Waals surface area contributed by atoms with Crippen molar-refractivity contribution < 1.29 is 9.31 Å². The lowest BCUT2D eigenvalue weighted by Gasteiger charge is -2.38. The molecule has 39 heavy (non-hydrogen) atoms. The van der Waals surface area contributed by atoms with Gasteiger partial charge in [-0.05, 0) is 114 Å². The summed E-state index contributed by atoms with van der Waals surface area (Å²) in [4.78, 5) is 0. The molecule has 0 radical (unpaired) electrons. The summed E-state index contributed by atoms with van der Waals surface area (Å²) in [7, 11) is -0.406. The van der Waals surface area contributed by atoms with E-state index < -0.39 is 7.12 Å². The molecule has 0 unspecified atom stereocenters. The van der Waals surface area contributed by atoms with Gasteiger partial charge in [-0.1, -0.05) is 93.6 Å². The Morgan fingerprint density at radius 1 is 0.641 bits per heavy atom. The summed E-state index contributed by atoms with van der Waals surface area (Å²) in [5.41, 5.74) is 4.76. The van der Waals surface area contributed by atoms with Crippen LogP contribution in [0.3, 0.4) is 0 Å². The summed E-state index contributed by atoms with van der Waals surface area (Å²) in [6.07, 6.45) is 5.15. The Labute approximate surface area is 235 Å². The molecule has 1 aliphatic heterocycles. The minimum atomic E-state index is -0.406. The summed E-state index contributed by atoms with van der Waals surface area (Å²) >= 11 is 0. The van der Waals surface area contributed by atoms with Gasteiger partial charge in [0.2, 0.25) is 0 Å². The van der Waals surface area contributed by atoms with E-state index in [1.165, 1.54) is 58.4 Å². The third-order valence-corrected chi connectivity index (χ3v) is 10.1. The van der Waals surface area contributed by atoms with Crippen LogP contribution in [0.2, 0.25) is 0 Å². The fourth-order valence-electron chi connectivity index (χ4n) is 7.04. The van der Waals surface area contributed by atoms with E-state index in [0.29, 0.717) is 11.3 Å². The van der Waals surface area contributed by atoms with Crippen LogP contribution in [0.15, 0.2) is 72.8 Å². The Balaban J connectivity index is 1.54. The van der Waals surface area contributed by atoms with Crippen LogP contribution in [0.5, 0.6) is 0 Å². The molecule has 4 aromatic rings. The summed E-state index contributed by atoms with van der Waals surface area (Å²) in [5, 5.41) is 5.45. The van der Waals surface area contributed by atoms with E-state index in [1.54, 1.807) is 5.56 Å². The molecule has 2 nitrogen and oxygen atoms in total. The molecular formula is C36H43BO2. The normalized spacial score (nSPS) is 23.0. The molecule has 2 fully saturated rings. The van der Waals surface area contributed by atoms with E-state index >= 15 is 0 Å². The van der Waals surface area contributed by atoms with Crippen LogP contribution in [0, 0.1) is 11.3 Å². The van der Waals surface area contributed by atoms with Crippen LogP contribution in [-0.4, -0.2) is 18.3 Å². The topological polar surface area (TPSA) is 18.5 Å². The van der Waals surface area contributed by atoms with Crippen molar-refractivity contribution in [1.82, 2.24) is 0 Å². The molecular weight excluding hydrogens is 475 g/mol. The molecule has 0 atom stereocenters. The maximum absolute atomic E-state index is 6.57. The molecule has 4 aromatic carbocycles. The average Bonchev–Trinajstić information content (AvgIpc) is 3.13. The highest BCUT2D eigenvalue weighted by molar-refractivity contribution is 6.64. The molecule has 6 rings (SSSR count). The lowest BCUT2D eigenvalue weighted by atomic mass is 9.67. The van der Waals surface area contributed by atoms with E-state index in [9.17, 15) is 0 Å². The first-order valence-corrected chi connectivity index (χ1v) is 14.9. The van der Waals surface area contributed by atoms with Gasteiger partial charge in [0.1, 0.15) is 0 Å². The zero-order valence-corrected chi connectivity index (χ0v) is 24.8. The van der Waals surface area contributed by atoms with Gasteiger partial charge >= 0.3 is 7.12 Å². The predicted molar refractivity (Wildman–Crippen MR) is 167 cm³/mol. The molecule has 2 aliphatic rings. The Bertz CT molecular complexity index is 1450. The number of benzene rings is 4. The second kappa shape index (κ2) is 9.49. The monoisotopic (exact) mass is 518 g/mol. The maximum atomic E-state index is 6.57. The van der Waals surface area contributed by atoms with E-state index in [2.05, 4.69) is 121 Å². The largest absolute Gasteiger partial charge is 0.495 e. The van der Waals surface area contributed by atoms with Crippen molar-refractivity contribution in [2.24, 2.45) is 11.3 Å². The minimum absolute atomic E-state index is 0.384. The molecule has 0 aromatic heterocycles. The van der Waals surface area contributed by atoms with Gasteiger partial charge in [-0.25, -0.2) is 0 Å². The Morgan fingerprint density at radius 3 is 1.62 bits per heavy atom. The first-order chi connectivity index (χ1) is 18.5. The highest BCUT2D eigenvalue weighted by Gasteiger charge is 2.52. The maximum Gasteiger partial charge on any atom is 0.495 e. The van der Waals surface area contributed by atoms with E-state index in [0.717, 1.165) is 11.4 Å². The summed E-state index contributed by atoms with van der Waals surface area (Å²) in [5.74, 6) is 1.39. The summed E-state index contributed by atoms with van der Waals surface area (Å²) in [6.45, 7) is 15.7. The zero-order chi connectivity index (χ0) is 27.6. The molecule has 1 aliphatic carbocycles. The van der Waals surface area contributed by atoms with Crippen molar-refractivity contribution in [1.29, 1.82) is 0 Å². The molecule has 202 valence electrons. The van der Waals surface area contributed by atoms with Crippen LogP contribution >= 0.6 is 0 Å². The molecule has 0 N–H and O–H groups in total. The van der Waals surface area contributed by atoms with Crippen molar-refractivity contribution in [2.45, 2.75) is 91.3 Å². The van der Waals surface area contributed by atoms with E-state index in [-0.39, 0.29) is 11.2 Å². The molecule has 3 heteroatoms. The quantitative estimate of drug-likeness (QED) is 0.199. The van der Waals surface area contributed by atoms with Gasteiger partial charge in [0.15, 0.2) is 0 Å². The third-order valence-electron chi connectivity index (χ3n) is 10.1. The van der Waals surface area contributed by atoms with Gasteiger partial charge in [0.05, 0.1) is 11.2 Å². The van der Waals surface area contributed by atoms with Gasteiger partial charge < -0.3 is 9.31 Å². The fraction of sp³-hybridized carbons (Fsp3) is 0.444. The van der Waals surface area contributed by atoms with Crippen LogP contribution in [-0.2, 0) is 9.31 Å². The summed E-state index contributed by atoms with van der Waals surface area (Å²) < 4.78 is 13.1. The SMILES string of the molecule is CC(C)(C)C1CCC(c2c3ccccc3c(-c3ccccc3B3OC(C)(C)C(C)(C)O3)c3ccccc23)CC1. The highest BCUT2D eigenvalue weighted by atomic mass is 16.7. The van der Waals surface area contributed by atoms with Crippen molar-refractivity contribution in [3.8, 4) is 11.1 Å². The Morgan fingerprint density at radius 2 is 1.10 bits per heavy atom. The van der Waals surface area contributed by atoms with Crippen molar-refractivity contribution in [3.05, 3.63) is 78.4 Å². The van der Waals surface area contributed by atoms with Crippen molar-refractivity contribution in [2.75, 3.05) is 0 Å². The van der Waals surface area contributed by atoms with Gasteiger partial charge in [0.25, 0.3) is 0 Å². The second-order valence-electron chi connectivity index (χ2n) is 14.0. The van der Waals surface area contributed by atoms with Gasteiger partial charge in [0, 0.05) is 0 Å². The zero-order valence-electron chi connectivity index (χ0n) is 24.8. The Hall–Kier alpha value is -2.62. The fourth-order valence-corrected chi connectivity index (χ4v) is 7.04. The Kier molecular flexibility index (Phi) is 6.47. The molecule has 1 saturated carbocycles. The molecule has 0 amide bonds. The first-order valence-electron chi connectivity index (χ1n) is 14.9. The molecule has 1 heterocycles. The highest BCUT2D eigenvalue weighted by Crippen LogP contribution is 2.49. The minimum Gasteiger partial charge on any atom is -0.399 e. The first kappa shape index (κ1) is 26.6. The predicted octanol–water partition coefficient (Wildman–Crippen LogP) is 9.28. The number of fused-ring (bicyclic) bond motifs is 2. The van der Waals surface area contributed by atoms with Crippen molar-refractivity contribution >= 4 is 34.1 Å². The second-order valence-corrected chi connectivity index (χ2v) is 14.0. The van der Waals surface area contributed by atoms with Crippen molar-refractivity contribution in [3.63, 3.8) is 0 Å². The molecule has 0 spiro atoms. The van der Waals surface area contributed by atoms with Crippen LogP contribution in [0.1, 0.15) is 85.6 Å².